The van der Waals surface area contributed by atoms with Crippen molar-refractivity contribution in [2.24, 2.45) is 13.0 Å². The summed E-state index contributed by atoms with van der Waals surface area (Å²) in [7, 11) is -1.02. The third kappa shape index (κ3) is 4.37. The summed E-state index contributed by atoms with van der Waals surface area (Å²) in [5, 5.41) is 19.8. The van der Waals surface area contributed by atoms with Gasteiger partial charge in [-0.1, -0.05) is 23.9 Å². The number of benzene rings is 1. The zero-order valence-electron chi connectivity index (χ0n) is 13.7. The van der Waals surface area contributed by atoms with Gasteiger partial charge in [0.15, 0.2) is 15.0 Å². The highest BCUT2D eigenvalue weighted by molar-refractivity contribution is 7.98. The lowest BCUT2D eigenvalue weighted by molar-refractivity contribution is -0.384. The fourth-order valence-corrected chi connectivity index (χ4v) is 5.55. The summed E-state index contributed by atoms with van der Waals surface area (Å²) in [5.74, 6) is 2.01. The number of aromatic nitrogens is 3. The van der Waals surface area contributed by atoms with E-state index in [9.17, 15) is 18.5 Å². The molecule has 0 bridgehead atoms. The van der Waals surface area contributed by atoms with Gasteiger partial charge in [-0.25, -0.2) is 8.42 Å². The Morgan fingerprint density at radius 1 is 1.32 bits per heavy atom. The van der Waals surface area contributed by atoms with Crippen LogP contribution in [0.5, 0.6) is 0 Å². The van der Waals surface area contributed by atoms with Crippen molar-refractivity contribution < 1.29 is 13.3 Å². The highest BCUT2D eigenvalue weighted by Gasteiger charge is 2.29. The van der Waals surface area contributed by atoms with Crippen molar-refractivity contribution in [3.05, 3.63) is 45.8 Å². The number of non-ortho nitro benzene ring substituents is 1. The molecule has 2 heterocycles. The summed E-state index contributed by atoms with van der Waals surface area (Å²) in [5.41, 5.74) is 1.03. The van der Waals surface area contributed by atoms with Gasteiger partial charge in [-0.3, -0.25) is 10.1 Å². The van der Waals surface area contributed by atoms with Crippen LogP contribution in [0.25, 0.3) is 0 Å². The number of sulfone groups is 1. The second-order valence-corrected chi connectivity index (χ2v) is 9.31. The van der Waals surface area contributed by atoms with Gasteiger partial charge in [0, 0.05) is 31.4 Å². The van der Waals surface area contributed by atoms with Gasteiger partial charge in [0.2, 0.25) is 0 Å². The Bertz CT molecular complexity index is 877. The van der Waals surface area contributed by atoms with E-state index in [0.717, 1.165) is 16.5 Å². The maximum absolute atomic E-state index is 11.6. The van der Waals surface area contributed by atoms with Crippen LogP contribution in [0, 0.1) is 16.0 Å². The largest absolute Gasteiger partial charge is 0.309 e. The Morgan fingerprint density at radius 3 is 2.64 bits per heavy atom. The van der Waals surface area contributed by atoms with Gasteiger partial charge in [0.25, 0.3) is 5.69 Å². The first-order chi connectivity index (χ1) is 11.8. The van der Waals surface area contributed by atoms with E-state index in [2.05, 4.69) is 10.2 Å². The van der Waals surface area contributed by atoms with Crippen molar-refractivity contribution >= 4 is 27.3 Å². The molecule has 0 radical (unpaired) electrons. The molecule has 2 aromatic rings. The van der Waals surface area contributed by atoms with Gasteiger partial charge in [-0.2, -0.15) is 0 Å². The van der Waals surface area contributed by atoms with Crippen molar-refractivity contribution in [3.8, 4) is 0 Å². The first kappa shape index (κ1) is 17.9. The van der Waals surface area contributed by atoms with Gasteiger partial charge < -0.3 is 4.57 Å². The molecule has 0 saturated carbocycles. The van der Waals surface area contributed by atoms with Crippen LogP contribution in [-0.4, -0.2) is 39.6 Å². The first-order valence-electron chi connectivity index (χ1n) is 7.79. The van der Waals surface area contributed by atoms with Gasteiger partial charge in [-0.15, -0.1) is 10.2 Å². The molecular formula is C15H18N4O4S2. The molecule has 0 aliphatic carbocycles. The Morgan fingerprint density at radius 2 is 2.04 bits per heavy atom. The molecule has 0 spiro atoms. The van der Waals surface area contributed by atoms with E-state index in [-0.39, 0.29) is 23.1 Å². The maximum atomic E-state index is 11.6. The third-order valence-corrected chi connectivity index (χ3v) is 7.17. The molecule has 1 unspecified atom stereocenters. The summed E-state index contributed by atoms with van der Waals surface area (Å²) in [6.07, 6.45) is 1.29. The van der Waals surface area contributed by atoms with Crippen molar-refractivity contribution in [2.75, 3.05) is 11.5 Å². The molecule has 134 valence electrons. The van der Waals surface area contributed by atoms with Crippen LogP contribution in [0.1, 0.15) is 17.8 Å². The molecule has 1 saturated heterocycles. The molecule has 0 amide bonds. The van der Waals surface area contributed by atoms with Crippen LogP contribution < -0.4 is 0 Å². The summed E-state index contributed by atoms with van der Waals surface area (Å²) in [4.78, 5) is 10.2. The second kappa shape index (κ2) is 7.12. The number of hydrogen-bond donors (Lipinski definition) is 0. The standard InChI is InChI=1S/C15H18N4O4S2/c1-18-14(8-12-6-7-25(22,23)10-12)16-17-15(18)24-9-11-2-4-13(5-3-11)19(20)21/h2-5,12H,6-10H2,1H3. The van der Waals surface area contributed by atoms with Gasteiger partial charge >= 0.3 is 0 Å². The van der Waals surface area contributed by atoms with Crippen LogP contribution in [-0.2, 0) is 29.1 Å². The van der Waals surface area contributed by atoms with Crippen LogP contribution >= 0.6 is 11.8 Å². The van der Waals surface area contributed by atoms with Crippen LogP contribution in [0.4, 0.5) is 5.69 Å². The summed E-state index contributed by atoms with van der Waals surface area (Å²) in [6, 6.07) is 6.43. The molecule has 1 atom stereocenters. The van der Waals surface area contributed by atoms with Crippen LogP contribution in [0.2, 0.25) is 0 Å². The monoisotopic (exact) mass is 382 g/mol. The summed E-state index contributed by atoms with van der Waals surface area (Å²) < 4.78 is 25.0. The topological polar surface area (TPSA) is 108 Å². The molecule has 1 aliphatic rings. The molecule has 1 aliphatic heterocycles. The van der Waals surface area contributed by atoms with E-state index in [0.29, 0.717) is 18.6 Å². The number of nitrogens with zero attached hydrogens (tertiary/aromatic N) is 4. The molecule has 3 rings (SSSR count). The van der Waals surface area contributed by atoms with Crippen molar-refractivity contribution in [1.29, 1.82) is 0 Å². The van der Waals surface area contributed by atoms with E-state index < -0.39 is 14.8 Å². The highest BCUT2D eigenvalue weighted by Crippen LogP contribution is 2.25. The number of thioether (sulfide) groups is 1. The van der Waals surface area contributed by atoms with E-state index in [1.54, 1.807) is 12.1 Å². The van der Waals surface area contributed by atoms with Crippen LogP contribution in [0.3, 0.4) is 0 Å². The molecule has 1 aromatic carbocycles. The molecule has 8 nitrogen and oxygen atoms in total. The molecule has 25 heavy (non-hydrogen) atoms. The molecular weight excluding hydrogens is 364 g/mol. The second-order valence-electron chi connectivity index (χ2n) is 6.14. The Hall–Kier alpha value is -1.94. The van der Waals surface area contributed by atoms with E-state index >= 15 is 0 Å². The first-order valence-corrected chi connectivity index (χ1v) is 10.6. The maximum Gasteiger partial charge on any atom is 0.269 e. The Labute approximate surface area is 149 Å². The Balaban J connectivity index is 1.60. The average Bonchev–Trinajstić information content (AvgIpc) is 3.09. The predicted molar refractivity (Wildman–Crippen MR) is 94.1 cm³/mol. The quantitative estimate of drug-likeness (QED) is 0.427. The third-order valence-electron chi connectivity index (χ3n) is 4.24. The molecule has 10 heteroatoms. The lowest BCUT2D eigenvalue weighted by Crippen LogP contribution is -2.11. The minimum Gasteiger partial charge on any atom is -0.309 e. The minimum absolute atomic E-state index is 0.0706. The van der Waals surface area contributed by atoms with Gasteiger partial charge in [0.1, 0.15) is 5.82 Å². The van der Waals surface area contributed by atoms with E-state index in [4.69, 9.17) is 0 Å². The number of rotatable bonds is 6. The van der Waals surface area contributed by atoms with Gasteiger partial charge in [0.05, 0.1) is 16.4 Å². The molecule has 0 N–H and O–H groups in total. The SMILES string of the molecule is Cn1c(CC2CCS(=O)(=O)C2)nnc1SCc1ccc([N+](=O)[O-])cc1. The fourth-order valence-electron chi connectivity index (χ4n) is 2.80. The normalized spacial score (nSPS) is 19.2. The zero-order valence-corrected chi connectivity index (χ0v) is 15.3. The number of nitro groups is 1. The molecule has 1 fully saturated rings. The van der Waals surface area contributed by atoms with E-state index in [1.165, 1.54) is 23.9 Å². The van der Waals surface area contributed by atoms with Crippen molar-refractivity contribution in [1.82, 2.24) is 14.8 Å². The number of hydrogen-bond acceptors (Lipinski definition) is 7. The van der Waals surface area contributed by atoms with Crippen molar-refractivity contribution in [2.45, 2.75) is 23.8 Å². The lowest BCUT2D eigenvalue weighted by atomic mass is 10.1. The lowest BCUT2D eigenvalue weighted by Gasteiger charge is -2.07. The van der Waals surface area contributed by atoms with Gasteiger partial charge in [-0.05, 0) is 17.9 Å². The van der Waals surface area contributed by atoms with Crippen LogP contribution in [0.15, 0.2) is 29.4 Å². The smallest absolute Gasteiger partial charge is 0.269 e. The predicted octanol–water partition coefficient (Wildman–Crippen LogP) is 1.99. The summed E-state index contributed by atoms with van der Waals surface area (Å²) in [6.45, 7) is 0. The Kier molecular flexibility index (Phi) is 5.09. The number of nitro benzene ring substituents is 1. The minimum atomic E-state index is -2.89. The molecule has 1 aromatic heterocycles. The highest BCUT2D eigenvalue weighted by atomic mass is 32.2. The summed E-state index contributed by atoms with van der Waals surface area (Å²) >= 11 is 1.49. The zero-order chi connectivity index (χ0) is 18.0. The average molecular weight is 382 g/mol. The fraction of sp³-hybridized carbons (Fsp3) is 0.467. The van der Waals surface area contributed by atoms with E-state index in [1.807, 2.05) is 11.6 Å². The van der Waals surface area contributed by atoms with Crippen molar-refractivity contribution in [3.63, 3.8) is 0 Å².